The fourth-order valence-corrected chi connectivity index (χ4v) is 1.68. The first-order valence-electron chi connectivity index (χ1n) is 7.80. The second-order valence-electron chi connectivity index (χ2n) is 6.11. The summed E-state index contributed by atoms with van der Waals surface area (Å²) in [5, 5.41) is 3.77. The predicted octanol–water partition coefficient (Wildman–Crippen LogP) is 4.10. The standard InChI is InChI=1S/C19H21NO5/c1-19(2,3)25-24-18(21)14-22-20-13-15-9-7-8-12-17(15)23-16-10-5-4-6-11-16/h4-13H,14H2,1-3H3/b20-13+. The highest BCUT2D eigenvalue weighted by Crippen LogP contribution is 2.23. The van der Waals surface area contributed by atoms with Crippen molar-refractivity contribution in [3.63, 3.8) is 0 Å². The molecule has 0 bridgehead atoms. The number of nitrogens with zero attached hydrogens (tertiary/aromatic N) is 1. The lowest BCUT2D eigenvalue weighted by molar-refractivity contribution is -0.322. The molecule has 0 atom stereocenters. The molecular formula is C19H21NO5. The zero-order valence-electron chi connectivity index (χ0n) is 14.5. The Balaban J connectivity index is 1.88. The number of carbonyl (C=O) groups excluding carboxylic acids is 1. The van der Waals surface area contributed by atoms with Crippen LogP contribution in [-0.2, 0) is 19.4 Å². The van der Waals surface area contributed by atoms with E-state index in [1.165, 1.54) is 6.21 Å². The van der Waals surface area contributed by atoms with Crippen LogP contribution in [0.2, 0.25) is 0 Å². The zero-order chi connectivity index (χ0) is 18.1. The molecule has 0 aliphatic rings. The molecule has 0 aliphatic heterocycles. The minimum absolute atomic E-state index is 0.353. The SMILES string of the molecule is CC(C)(C)OOC(=O)CO/N=C/c1ccccc1Oc1ccccc1. The molecule has 0 saturated heterocycles. The summed E-state index contributed by atoms with van der Waals surface area (Å²) in [6.45, 7) is 4.95. The van der Waals surface area contributed by atoms with Crippen molar-refractivity contribution < 1.29 is 24.1 Å². The van der Waals surface area contributed by atoms with Gasteiger partial charge in [0.05, 0.1) is 6.21 Å². The van der Waals surface area contributed by atoms with Gasteiger partial charge in [-0.05, 0) is 45.0 Å². The lowest BCUT2D eigenvalue weighted by Crippen LogP contribution is -2.23. The van der Waals surface area contributed by atoms with E-state index in [9.17, 15) is 4.79 Å². The van der Waals surface area contributed by atoms with E-state index in [2.05, 4.69) is 10.0 Å². The number of carbonyl (C=O) groups is 1. The van der Waals surface area contributed by atoms with E-state index >= 15 is 0 Å². The van der Waals surface area contributed by atoms with Crippen LogP contribution < -0.4 is 4.74 Å². The Labute approximate surface area is 146 Å². The van der Waals surface area contributed by atoms with Gasteiger partial charge in [0.15, 0.2) is 0 Å². The molecule has 2 aromatic carbocycles. The molecule has 6 heteroatoms. The number of rotatable bonds is 7. The van der Waals surface area contributed by atoms with E-state index in [1.54, 1.807) is 20.8 Å². The summed E-state index contributed by atoms with van der Waals surface area (Å²) in [4.78, 5) is 25.9. The number of para-hydroxylation sites is 2. The normalized spacial score (nSPS) is 11.3. The van der Waals surface area contributed by atoms with Crippen LogP contribution in [0.1, 0.15) is 26.3 Å². The molecule has 0 unspecified atom stereocenters. The minimum Gasteiger partial charge on any atom is -0.457 e. The molecule has 2 rings (SSSR count). The third kappa shape index (κ3) is 7.05. The Hall–Kier alpha value is -2.86. The summed E-state index contributed by atoms with van der Waals surface area (Å²) in [5.41, 5.74) is 0.137. The van der Waals surface area contributed by atoms with Gasteiger partial charge in [-0.1, -0.05) is 35.5 Å². The van der Waals surface area contributed by atoms with Gasteiger partial charge in [0.25, 0.3) is 0 Å². The van der Waals surface area contributed by atoms with Gasteiger partial charge in [0.2, 0.25) is 6.61 Å². The minimum atomic E-state index is -0.666. The maximum Gasteiger partial charge on any atom is 0.382 e. The van der Waals surface area contributed by atoms with Gasteiger partial charge >= 0.3 is 5.97 Å². The van der Waals surface area contributed by atoms with Gasteiger partial charge in [0, 0.05) is 5.56 Å². The van der Waals surface area contributed by atoms with Crippen LogP contribution in [-0.4, -0.2) is 24.4 Å². The molecule has 0 amide bonds. The van der Waals surface area contributed by atoms with Crippen molar-refractivity contribution in [1.29, 1.82) is 0 Å². The summed E-state index contributed by atoms with van der Waals surface area (Å²) in [7, 11) is 0. The molecule has 0 saturated carbocycles. The third-order valence-electron chi connectivity index (χ3n) is 2.72. The largest absolute Gasteiger partial charge is 0.457 e. The smallest absolute Gasteiger partial charge is 0.382 e. The number of ether oxygens (including phenoxy) is 1. The summed E-state index contributed by atoms with van der Waals surface area (Å²) in [6.07, 6.45) is 1.47. The highest BCUT2D eigenvalue weighted by atomic mass is 17.2. The Kier molecular flexibility index (Phi) is 6.54. The van der Waals surface area contributed by atoms with E-state index < -0.39 is 11.6 Å². The molecule has 0 fully saturated rings. The van der Waals surface area contributed by atoms with Crippen LogP contribution >= 0.6 is 0 Å². The van der Waals surface area contributed by atoms with Crippen LogP contribution in [0.4, 0.5) is 0 Å². The van der Waals surface area contributed by atoms with E-state index in [0.717, 1.165) is 0 Å². The van der Waals surface area contributed by atoms with Crippen LogP contribution in [0, 0.1) is 0 Å². The van der Waals surface area contributed by atoms with Gasteiger partial charge in [-0.2, -0.15) is 4.89 Å². The van der Waals surface area contributed by atoms with Crippen molar-refractivity contribution in [3.05, 3.63) is 60.2 Å². The number of hydrogen-bond acceptors (Lipinski definition) is 6. The average molecular weight is 343 g/mol. The second kappa shape index (κ2) is 8.84. The topological polar surface area (TPSA) is 66.4 Å². The van der Waals surface area contributed by atoms with Crippen molar-refractivity contribution in [2.75, 3.05) is 6.61 Å². The highest BCUT2D eigenvalue weighted by molar-refractivity contribution is 5.83. The molecule has 0 aliphatic carbocycles. The lowest BCUT2D eigenvalue weighted by Gasteiger charge is -2.16. The van der Waals surface area contributed by atoms with Crippen molar-refractivity contribution in [2.24, 2.45) is 5.16 Å². The van der Waals surface area contributed by atoms with Gasteiger partial charge in [-0.25, -0.2) is 4.79 Å². The number of benzene rings is 2. The molecule has 0 radical (unpaired) electrons. The van der Waals surface area contributed by atoms with E-state index in [4.69, 9.17) is 14.5 Å². The van der Waals surface area contributed by atoms with Crippen molar-refractivity contribution >= 4 is 12.2 Å². The zero-order valence-corrected chi connectivity index (χ0v) is 14.5. The van der Waals surface area contributed by atoms with E-state index in [1.807, 2.05) is 54.6 Å². The molecular weight excluding hydrogens is 322 g/mol. The molecule has 6 nitrogen and oxygen atoms in total. The van der Waals surface area contributed by atoms with Gasteiger partial charge < -0.3 is 9.57 Å². The molecule has 2 aromatic rings. The Morgan fingerprint density at radius 1 is 1.04 bits per heavy atom. The second-order valence-corrected chi connectivity index (χ2v) is 6.11. The van der Waals surface area contributed by atoms with Gasteiger partial charge in [0.1, 0.15) is 17.1 Å². The van der Waals surface area contributed by atoms with Crippen LogP contribution in [0.15, 0.2) is 59.8 Å². The summed E-state index contributed by atoms with van der Waals surface area (Å²) < 4.78 is 5.81. The fraction of sp³-hybridized carbons (Fsp3) is 0.263. The Bertz CT molecular complexity index is 707. The summed E-state index contributed by atoms with van der Waals surface area (Å²) >= 11 is 0. The van der Waals surface area contributed by atoms with E-state index in [0.29, 0.717) is 17.1 Å². The molecule has 0 aromatic heterocycles. The van der Waals surface area contributed by atoms with Gasteiger partial charge in [-0.15, -0.1) is 0 Å². The number of hydrogen-bond donors (Lipinski definition) is 0. The lowest BCUT2D eigenvalue weighted by atomic mass is 10.2. The van der Waals surface area contributed by atoms with Crippen LogP contribution in [0.25, 0.3) is 0 Å². The fourth-order valence-electron chi connectivity index (χ4n) is 1.68. The molecule has 0 spiro atoms. The monoisotopic (exact) mass is 343 g/mol. The number of oxime groups is 1. The predicted molar refractivity (Wildman–Crippen MR) is 93.4 cm³/mol. The first-order valence-corrected chi connectivity index (χ1v) is 7.80. The van der Waals surface area contributed by atoms with Crippen molar-refractivity contribution in [1.82, 2.24) is 0 Å². The maximum atomic E-state index is 11.4. The molecule has 132 valence electrons. The van der Waals surface area contributed by atoms with E-state index in [-0.39, 0.29) is 6.61 Å². The quantitative estimate of drug-likeness (QED) is 0.430. The Morgan fingerprint density at radius 3 is 2.44 bits per heavy atom. The van der Waals surface area contributed by atoms with Crippen LogP contribution in [0.5, 0.6) is 11.5 Å². The first-order chi connectivity index (χ1) is 11.9. The molecule has 0 heterocycles. The highest BCUT2D eigenvalue weighted by Gasteiger charge is 2.15. The van der Waals surface area contributed by atoms with Crippen molar-refractivity contribution in [3.8, 4) is 11.5 Å². The Morgan fingerprint density at radius 2 is 1.72 bits per heavy atom. The average Bonchev–Trinajstić information content (AvgIpc) is 2.58. The third-order valence-corrected chi connectivity index (χ3v) is 2.72. The van der Waals surface area contributed by atoms with Gasteiger partial charge in [-0.3, -0.25) is 4.89 Å². The molecule has 0 N–H and O–H groups in total. The molecule has 25 heavy (non-hydrogen) atoms. The van der Waals surface area contributed by atoms with Crippen LogP contribution in [0.3, 0.4) is 0 Å². The summed E-state index contributed by atoms with van der Waals surface area (Å²) in [6, 6.07) is 16.8. The maximum absolute atomic E-state index is 11.4. The summed E-state index contributed by atoms with van der Waals surface area (Å²) in [5.74, 6) is 0.674. The van der Waals surface area contributed by atoms with Crippen molar-refractivity contribution in [2.45, 2.75) is 26.4 Å². The first kappa shape index (κ1) is 18.5.